The van der Waals surface area contributed by atoms with Crippen molar-refractivity contribution in [1.82, 2.24) is 10.1 Å². The quantitative estimate of drug-likeness (QED) is 0.555. The Morgan fingerprint density at radius 1 is 1.15 bits per heavy atom. The number of ether oxygens (including phenoxy) is 4. The summed E-state index contributed by atoms with van der Waals surface area (Å²) < 4.78 is 27.5. The van der Waals surface area contributed by atoms with Gasteiger partial charge in [0.25, 0.3) is 0 Å². The monoisotopic (exact) mass is 472 g/mol. The van der Waals surface area contributed by atoms with Crippen LogP contribution in [0.2, 0.25) is 0 Å². The van der Waals surface area contributed by atoms with Crippen molar-refractivity contribution >= 4 is 12.1 Å². The second-order valence-electron chi connectivity index (χ2n) is 8.94. The third kappa shape index (κ3) is 5.52. The number of amides is 1. The molecular weight excluding hydrogens is 440 g/mol. The zero-order valence-electron chi connectivity index (χ0n) is 20.0. The van der Waals surface area contributed by atoms with Crippen molar-refractivity contribution in [3.05, 3.63) is 35.5 Å². The Kier molecular flexibility index (Phi) is 7.72. The number of methoxy groups -OCH3 is 1. The summed E-state index contributed by atoms with van der Waals surface area (Å²) in [6.07, 6.45) is 4.32. The summed E-state index contributed by atoms with van der Waals surface area (Å²) >= 11 is 0. The van der Waals surface area contributed by atoms with Crippen LogP contribution in [0.3, 0.4) is 0 Å². The van der Waals surface area contributed by atoms with Gasteiger partial charge in [0.1, 0.15) is 18.5 Å². The molecule has 2 heterocycles. The van der Waals surface area contributed by atoms with Gasteiger partial charge < -0.3 is 28.4 Å². The summed E-state index contributed by atoms with van der Waals surface area (Å²) in [5, 5.41) is 4.07. The molecule has 0 spiro atoms. The minimum Gasteiger partial charge on any atom is -0.488 e. The Morgan fingerprint density at radius 3 is 2.59 bits per heavy atom. The highest BCUT2D eigenvalue weighted by molar-refractivity contribution is 5.72. The molecule has 1 aliphatic heterocycles. The van der Waals surface area contributed by atoms with Crippen LogP contribution in [0, 0.1) is 12.8 Å². The highest BCUT2D eigenvalue weighted by Crippen LogP contribution is 2.30. The SMILES string of the molecule is COC(=O)[C@H]1COC[C@H](Oc2ccc(-c3onc(C)c3COC(=O)N(C)C3CCCC3)cc2)C1. The van der Waals surface area contributed by atoms with E-state index in [1.165, 1.54) is 7.11 Å². The van der Waals surface area contributed by atoms with Crippen LogP contribution in [0.15, 0.2) is 28.8 Å². The molecule has 1 aromatic heterocycles. The molecule has 2 aromatic rings. The van der Waals surface area contributed by atoms with Crippen molar-refractivity contribution in [2.45, 2.75) is 57.8 Å². The number of aryl methyl sites for hydroxylation is 1. The van der Waals surface area contributed by atoms with Crippen LogP contribution < -0.4 is 4.74 Å². The first-order chi connectivity index (χ1) is 16.5. The number of hydrogen-bond donors (Lipinski definition) is 0. The average Bonchev–Trinajstić information content (AvgIpc) is 3.52. The van der Waals surface area contributed by atoms with Crippen LogP contribution in [0.1, 0.15) is 43.4 Å². The number of benzene rings is 1. The van der Waals surface area contributed by atoms with Crippen LogP contribution >= 0.6 is 0 Å². The lowest BCUT2D eigenvalue weighted by Crippen LogP contribution is -2.37. The van der Waals surface area contributed by atoms with Gasteiger partial charge in [-0.05, 0) is 44.0 Å². The molecule has 0 unspecified atom stereocenters. The van der Waals surface area contributed by atoms with E-state index in [9.17, 15) is 9.59 Å². The van der Waals surface area contributed by atoms with Gasteiger partial charge in [-0.2, -0.15) is 0 Å². The van der Waals surface area contributed by atoms with E-state index in [1.807, 2.05) is 31.2 Å². The van der Waals surface area contributed by atoms with E-state index in [4.69, 9.17) is 23.5 Å². The van der Waals surface area contributed by atoms with E-state index < -0.39 is 0 Å². The summed E-state index contributed by atoms with van der Waals surface area (Å²) in [5.74, 6) is 0.613. The second-order valence-corrected chi connectivity index (χ2v) is 8.94. The maximum Gasteiger partial charge on any atom is 0.410 e. The Balaban J connectivity index is 1.37. The first kappa shape index (κ1) is 24.1. The van der Waals surface area contributed by atoms with Crippen molar-refractivity contribution < 1.29 is 33.1 Å². The van der Waals surface area contributed by atoms with Gasteiger partial charge >= 0.3 is 12.1 Å². The summed E-state index contributed by atoms with van der Waals surface area (Å²) in [6, 6.07) is 7.65. The molecule has 0 radical (unpaired) electrons. The van der Waals surface area contributed by atoms with Crippen LogP contribution in [-0.2, 0) is 25.6 Å². The molecule has 9 heteroatoms. The number of aromatic nitrogens is 1. The summed E-state index contributed by atoms with van der Waals surface area (Å²) in [7, 11) is 3.17. The van der Waals surface area contributed by atoms with Gasteiger partial charge in [0.15, 0.2) is 5.76 Å². The maximum absolute atomic E-state index is 12.5. The Labute approximate surface area is 199 Å². The lowest BCUT2D eigenvalue weighted by molar-refractivity contribution is -0.152. The molecule has 2 fully saturated rings. The molecule has 0 bridgehead atoms. The highest BCUT2D eigenvalue weighted by atomic mass is 16.6. The number of carbonyl (C=O) groups excluding carboxylic acids is 2. The fourth-order valence-electron chi connectivity index (χ4n) is 4.55. The normalized spacial score (nSPS) is 20.7. The standard InChI is InChI=1S/C25H32N2O7/c1-16-22(15-32-25(29)27(2)19-6-4-5-7-19)23(34-26-16)17-8-10-20(11-9-17)33-21-12-18(13-31-14-21)24(28)30-3/h8-11,18-19,21H,4-7,12-15H2,1-3H3/t18-,21-/m1/s1. The van der Waals surface area contributed by atoms with Crippen molar-refractivity contribution in [3.63, 3.8) is 0 Å². The molecule has 9 nitrogen and oxygen atoms in total. The average molecular weight is 473 g/mol. The fraction of sp³-hybridized carbons (Fsp3) is 0.560. The van der Waals surface area contributed by atoms with E-state index in [-0.39, 0.29) is 36.7 Å². The van der Waals surface area contributed by atoms with E-state index >= 15 is 0 Å². The minimum atomic E-state index is -0.331. The van der Waals surface area contributed by atoms with Gasteiger partial charge in [0, 0.05) is 25.1 Å². The molecular formula is C25H32N2O7. The maximum atomic E-state index is 12.5. The zero-order valence-corrected chi connectivity index (χ0v) is 20.0. The number of nitrogens with zero attached hydrogens (tertiary/aromatic N) is 2. The fourth-order valence-corrected chi connectivity index (χ4v) is 4.55. The molecule has 184 valence electrons. The largest absolute Gasteiger partial charge is 0.488 e. The first-order valence-electron chi connectivity index (χ1n) is 11.7. The Bertz CT molecular complexity index is 982. The highest BCUT2D eigenvalue weighted by Gasteiger charge is 2.30. The Morgan fingerprint density at radius 2 is 1.88 bits per heavy atom. The molecule has 1 aliphatic carbocycles. The third-order valence-corrected chi connectivity index (χ3v) is 6.61. The molecule has 0 N–H and O–H groups in total. The van der Waals surface area contributed by atoms with Crippen molar-refractivity contribution in [3.8, 4) is 17.1 Å². The van der Waals surface area contributed by atoms with Gasteiger partial charge in [0.2, 0.25) is 0 Å². The van der Waals surface area contributed by atoms with E-state index in [1.54, 1.807) is 11.9 Å². The Hall–Kier alpha value is -3.07. The first-order valence-corrected chi connectivity index (χ1v) is 11.7. The minimum absolute atomic E-state index is 0.0904. The predicted molar refractivity (Wildman–Crippen MR) is 122 cm³/mol. The molecule has 1 amide bonds. The van der Waals surface area contributed by atoms with E-state index in [0.717, 1.165) is 36.8 Å². The summed E-state index contributed by atoms with van der Waals surface area (Å²) in [4.78, 5) is 26.0. The molecule has 2 aliphatic rings. The summed E-state index contributed by atoms with van der Waals surface area (Å²) in [5.41, 5.74) is 2.22. The lowest BCUT2D eigenvalue weighted by atomic mass is 10.0. The van der Waals surface area contributed by atoms with Crippen molar-refractivity contribution in [2.75, 3.05) is 27.4 Å². The van der Waals surface area contributed by atoms with Gasteiger partial charge in [0.05, 0.1) is 37.5 Å². The number of esters is 1. The van der Waals surface area contributed by atoms with Gasteiger partial charge in [-0.25, -0.2) is 4.79 Å². The molecule has 1 aromatic carbocycles. The number of hydrogen-bond acceptors (Lipinski definition) is 8. The molecule has 1 saturated heterocycles. The van der Waals surface area contributed by atoms with Crippen LogP contribution in [-0.4, -0.2) is 61.6 Å². The van der Waals surface area contributed by atoms with Gasteiger partial charge in [-0.3, -0.25) is 4.79 Å². The number of carbonyl (C=O) groups is 2. The van der Waals surface area contributed by atoms with Crippen molar-refractivity contribution in [2.24, 2.45) is 5.92 Å². The van der Waals surface area contributed by atoms with Gasteiger partial charge in [-0.15, -0.1) is 0 Å². The van der Waals surface area contributed by atoms with Crippen LogP contribution in [0.25, 0.3) is 11.3 Å². The molecule has 34 heavy (non-hydrogen) atoms. The number of rotatable bonds is 7. The zero-order chi connectivity index (χ0) is 24.1. The van der Waals surface area contributed by atoms with Crippen LogP contribution in [0.5, 0.6) is 5.75 Å². The smallest absolute Gasteiger partial charge is 0.410 e. The van der Waals surface area contributed by atoms with Gasteiger partial charge in [-0.1, -0.05) is 18.0 Å². The third-order valence-electron chi connectivity index (χ3n) is 6.61. The molecule has 1 saturated carbocycles. The lowest BCUT2D eigenvalue weighted by Gasteiger charge is -2.28. The second kappa shape index (κ2) is 10.9. The van der Waals surface area contributed by atoms with Crippen molar-refractivity contribution in [1.29, 1.82) is 0 Å². The molecule has 4 rings (SSSR count). The molecule has 2 atom stereocenters. The van der Waals surface area contributed by atoms with Crippen LogP contribution in [0.4, 0.5) is 4.79 Å². The topological polar surface area (TPSA) is 100 Å². The summed E-state index contributed by atoms with van der Waals surface area (Å²) in [6.45, 7) is 2.68. The van der Waals surface area contributed by atoms with E-state index in [0.29, 0.717) is 36.8 Å². The van der Waals surface area contributed by atoms with E-state index in [2.05, 4.69) is 5.16 Å². The predicted octanol–water partition coefficient (Wildman–Crippen LogP) is 4.12.